The van der Waals surface area contributed by atoms with Crippen molar-refractivity contribution in [3.8, 4) is 0 Å². The van der Waals surface area contributed by atoms with Crippen LogP contribution in [0.1, 0.15) is 11.1 Å². The molecule has 2 aromatic rings. The summed E-state index contributed by atoms with van der Waals surface area (Å²) < 4.78 is 0. The molecule has 0 spiro atoms. The van der Waals surface area contributed by atoms with Crippen LogP contribution in [-0.4, -0.2) is 18.1 Å². The van der Waals surface area contributed by atoms with Crippen LogP contribution in [0.25, 0.3) is 0 Å². The van der Waals surface area contributed by atoms with Crippen LogP contribution in [0.2, 0.25) is 0 Å². The van der Waals surface area contributed by atoms with Crippen molar-refractivity contribution in [2.24, 2.45) is 5.84 Å². The minimum atomic E-state index is 0. The van der Waals surface area contributed by atoms with E-state index in [0.29, 0.717) is 0 Å². The maximum absolute atomic E-state index is 6.00. The van der Waals surface area contributed by atoms with E-state index in [9.17, 15) is 0 Å². The highest BCUT2D eigenvalue weighted by Gasteiger charge is 2.00. The summed E-state index contributed by atoms with van der Waals surface area (Å²) in [6.45, 7) is 1.80. The lowest BCUT2D eigenvalue weighted by Crippen LogP contribution is -2.34. The monoisotopic (exact) mass is 276 g/mol. The van der Waals surface area contributed by atoms with Gasteiger partial charge < -0.3 is 0 Å². The Balaban J connectivity index is 0.00000180. The standard InChI is InChI=1S/C16H20N2.ClH/c17-18(13-11-15-7-3-1-4-8-15)14-12-16-9-5-2-6-10-16;/h1-10H,11-14,17H2;1H. The van der Waals surface area contributed by atoms with E-state index in [-0.39, 0.29) is 12.4 Å². The van der Waals surface area contributed by atoms with Gasteiger partial charge in [-0.1, -0.05) is 60.7 Å². The fraction of sp³-hybridized carbons (Fsp3) is 0.250. The van der Waals surface area contributed by atoms with Crippen molar-refractivity contribution in [3.63, 3.8) is 0 Å². The highest BCUT2D eigenvalue weighted by molar-refractivity contribution is 5.85. The summed E-state index contributed by atoms with van der Waals surface area (Å²) >= 11 is 0. The van der Waals surface area contributed by atoms with Gasteiger partial charge in [0.25, 0.3) is 0 Å². The van der Waals surface area contributed by atoms with Gasteiger partial charge in [-0.3, -0.25) is 5.84 Å². The number of hydrogen-bond donors (Lipinski definition) is 1. The maximum Gasteiger partial charge on any atom is 0.0169 e. The molecular formula is C16H21ClN2. The van der Waals surface area contributed by atoms with E-state index in [1.54, 1.807) is 0 Å². The zero-order chi connectivity index (χ0) is 12.6. The van der Waals surface area contributed by atoms with Gasteiger partial charge in [-0.2, -0.15) is 0 Å². The predicted molar refractivity (Wildman–Crippen MR) is 83.3 cm³/mol. The third-order valence-electron chi connectivity index (χ3n) is 3.06. The highest BCUT2D eigenvalue weighted by atomic mass is 35.5. The summed E-state index contributed by atoms with van der Waals surface area (Å²) in [7, 11) is 0. The van der Waals surface area contributed by atoms with Crippen LogP contribution >= 0.6 is 12.4 Å². The second-order valence-corrected chi connectivity index (χ2v) is 4.51. The van der Waals surface area contributed by atoms with Crippen molar-refractivity contribution in [2.45, 2.75) is 12.8 Å². The second kappa shape index (κ2) is 8.70. The zero-order valence-electron chi connectivity index (χ0n) is 11.0. The predicted octanol–water partition coefficient (Wildman–Crippen LogP) is 3.07. The van der Waals surface area contributed by atoms with Gasteiger partial charge in [0.05, 0.1) is 0 Å². The van der Waals surface area contributed by atoms with Crippen LogP contribution in [0.15, 0.2) is 60.7 Å². The van der Waals surface area contributed by atoms with Gasteiger partial charge in [0, 0.05) is 13.1 Å². The number of nitrogens with two attached hydrogens (primary N) is 1. The van der Waals surface area contributed by atoms with E-state index in [2.05, 4.69) is 48.5 Å². The summed E-state index contributed by atoms with van der Waals surface area (Å²) in [5.41, 5.74) is 2.68. The third-order valence-corrected chi connectivity index (χ3v) is 3.06. The van der Waals surface area contributed by atoms with Crippen LogP contribution in [0.4, 0.5) is 0 Å². The number of benzene rings is 2. The molecule has 0 aliphatic heterocycles. The third kappa shape index (κ3) is 5.88. The van der Waals surface area contributed by atoms with E-state index < -0.39 is 0 Å². The normalized spacial score (nSPS) is 10.2. The van der Waals surface area contributed by atoms with Crippen molar-refractivity contribution < 1.29 is 0 Å². The second-order valence-electron chi connectivity index (χ2n) is 4.51. The lowest BCUT2D eigenvalue weighted by Gasteiger charge is -2.16. The van der Waals surface area contributed by atoms with Crippen LogP contribution in [-0.2, 0) is 12.8 Å². The highest BCUT2D eigenvalue weighted by Crippen LogP contribution is 2.02. The zero-order valence-corrected chi connectivity index (χ0v) is 11.9. The van der Waals surface area contributed by atoms with Gasteiger partial charge in [0.1, 0.15) is 0 Å². The Morgan fingerprint density at radius 3 is 1.42 bits per heavy atom. The van der Waals surface area contributed by atoms with Gasteiger partial charge in [0.2, 0.25) is 0 Å². The Labute approximate surface area is 121 Å². The molecule has 0 heterocycles. The molecule has 0 aliphatic rings. The van der Waals surface area contributed by atoms with Crippen LogP contribution in [0.5, 0.6) is 0 Å². The summed E-state index contributed by atoms with van der Waals surface area (Å²) in [5, 5.41) is 1.90. The minimum absolute atomic E-state index is 0. The maximum atomic E-state index is 6.00. The van der Waals surface area contributed by atoms with Crippen LogP contribution in [0.3, 0.4) is 0 Å². The fourth-order valence-electron chi connectivity index (χ4n) is 1.95. The molecule has 2 rings (SSSR count). The molecular weight excluding hydrogens is 256 g/mol. The first-order valence-electron chi connectivity index (χ1n) is 6.42. The van der Waals surface area contributed by atoms with Crippen molar-refractivity contribution >= 4 is 12.4 Å². The molecule has 0 aromatic heterocycles. The molecule has 19 heavy (non-hydrogen) atoms. The molecule has 102 valence electrons. The Hall–Kier alpha value is -1.35. The van der Waals surface area contributed by atoms with Crippen molar-refractivity contribution in [2.75, 3.05) is 13.1 Å². The van der Waals surface area contributed by atoms with E-state index in [4.69, 9.17) is 5.84 Å². The van der Waals surface area contributed by atoms with Crippen LogP contribution < -0.4 is 5.84 Å². The van der Waals surface area contributed by atoms with Gasteiger partial charge in [-0.05, 0) is 24.0 Å². The molecule has 2 N–H and O–H groups in total. The van der Waals surface area contributed by atoms with Gasteiger partial charge >= 0.3 is 0 Å². The first-order chi connectivity index (χ1) is 8.84. The van der Waals surface area contributed by atoms with Crippen molar-refractivity contribution in [3.05, 3.63) is 71.8 Å². The van der Waals surface area contributed by atoms with Gasteiger partial charge in [-0.25, -0.2) is 5.01 Å². The Kier molecular flexibility index (Phi) is 7.19. The summed E-state index contributed by atoms with van der Waals surface area (Å²) in [6, 6.07) is 20.9. The number of nitrogens with zero attached hydrogens (tertiary/aromatic N) is 1. The SMILES string of the molecule is Cl.NN(CCc1ccccc1)CCc1ccccc1. The number of hydrazine groups is 1. The first kappa shape index (κ1) is 15.7. The quantitative estimate of drug-likeness (QED) is 0.649. The molecule has 0 atom stereocenters. The molecule has 0 aliphatic carbocycles. The molecule has 0 bridgehead atoms. The van der Waals surface area contributed by atoms with Crippen LogP contribution in [0, 0.1) is 0 Å². The molecule has 0 unspecified atom stereocenters. The summed E-state index contributed by atoms with van der Waals surface area (Å²) in [5.74, 6) is 6.00. The molecule has 3 heteroatoms. The van der Waals surface area contributed by atoms with E-state index >= 15 is 0 Å². The van der Waals surface area contributed by atoms with Gasteiger partial charge in [-0.15, -0.1) is 12.4 Å². The van der Waals surface area contributed by atoms with E-state index in [1.165, 1.54) is 11.1 Å². The number of hydrogen-bond acceptors (Lipinski definition) is 2. The fourth-order valence-corrected chi connectivity index (χ4v) is 1.95. The molecule has 0 saturated heterocycles. The summed E-state index contributed by atoms with van der Waals surface area (Å²) in [6.07, 6.45) is 2.01. The van der Waals surface area contributed by atoms with Gasteiger partial charge in [0.15, 0.2) is 0 Å². The summed E-state index contributed by atoms with van der Waals surface area (Å²) in [4.78, 5) is 0. The molecule has 0 amide bonds. The topological polar surface area (TPSA) is 29.3 Å². The Morgan fingerprint density at radius 2 is 1.05 bits per heavy atom. The Bertz CT molecular complexity index is 401. The first-order valence-corrected chi connectivity index (χ1v) is 6.42. The van der Waals surface area contributed by atoms with E-state index in [1.807, 2.05) is 17.1 Å². The lowest BCUT2D eigenvalue weighted by atomic mass is 10.1. The molecule has 0 saturated carbocycles. The minimum Gasteiger partial charge on any atom is -0.269 e. The average molecular weight is 277 g/mol. The number of halogens is 1. The molecule has 2 nitrogen and oxygen atoms in total. The molecule has 0 fully saturated rings. The molecule has 2 aromatic carbocycles. The largest absolute Gasteiger partial charge is 0.269 e. The van der Waals surface area contributed by atoms with Crippen molar-refractivity contribution in [1.29, 1.82) is 0 Å². The Morgan fingerprint density at radius 1 is 0.684 bits per heavy atom. The average Bonchev–Trinajstić information content (AvgIpc) is 2.45. The van der Waals surface area contributed by atoms with E-state index in [0.717, 1.165) is 25.9 Å². The molecule has 0 radical (unpaired) electrons. The van der Waals surface area contributed by atoms with Crippen molar-refractivity contribution in [1.82, 2.24) is 5.01 Å². The lowest BCUT2D eigenvalue weighted by molar-refractivity contribution is 0.290. The number of rotatable bonds is 6. The smallest absolute Gasteiger partial charge is 0.0169 e.